The van der Waals surface area contributed by atoms with Crippen LogP contribution in [-0.2, 0) is 0 Å². The van der Waals surface area contributed by atoms with Crippen LogP contribution in [0.5, 0.6) is 0 Å². The lowest BCUT2D eigenvalue weighted by Crippen LogP contribution is -2.50. The normalized spacial score (nSPS) is 20.1. The Labute approximate surface area is 146 Å². The fraction of sp³-hybridized carbons (Fsp3) is 0.300. The molecule has 0 saturated carbocycles. The molecule has 130 valence electrons. The highest BCUT2D eigenvalue weighted by molar-refractivity contribution is 6.15. The molecule has 2 unspecified atom stereocenters. The summed E-state index contributed by atoms with van der Waals surface area (Å²) >= 11 is 0. The highest BCUT2D eigenvalue weighted by Crippen LogP contribution is 2.17. The second-order valence-corrected chi connectivity index (χ2v) is 6.43. The van der Waals surface area contributed by atoms with Gasteiger partial charge in [-0.15, -0.1) is 0 Å². The van der Waals surface area contributed by atoms with E-state index >= 15 is 0 Å². The SMILES string of the molecule is CC1CCNCC1NC(=O)c1ccccc1C(=O)c1ccc(F)cc1. The molecule has 2 aromatic carbocycles. The Kier molecular flexibility index (Phi) is 5.24. The molecule has 0 radical (unpaired) electrons. The van der Waals surface area contributed by atoms with Crippen molar-refractivity contribution in [2.45, 2.75) is 19.4 Å². The summed E-state index contributed by atoms with van der Waals surface area (Å²) in [5.74, 6) is -0.571. The molecule has 1 aliphatic heterocycles. The van der Waals surface area contributed by atoms with Gasteiger partial charge in [-0.05, 0) is 49.2 Å². The first-order chi connectivity index (χ1) is 12.1. The van der Waals surface area contributed by atoms with Crippen molar-refractivity contribution in [3.8, 4) is 0 Å². The van der Waals surface area contributed by atoms with Gasteiger partial charge in [0.05, 0.1) is 5.56 Å². The molecule has 1 heterocycles. The van der Waals surface area contributed by atoms with Gasteiger partial charge in [-0.2, -0.15) is 0 Å². The Morgan fingerprint density at radius 3 is 2.44 bits per heavy atom. The average molecular weight is 340 g/mol. The molecular weight excluding hydrogens is 319 g/mol. The molecule has 4 nitrogen and oxygen atoms in total. The van der Waals surface area contributed by atoms with Crippen LogP contribution in [0.15, 0.2) is 48.5 Å². The number of nitrogens with one attached hydrogen (secondary N) is 2. The van der Waals surface area contributed by atoms with E-state index in [0.717, 1.165) is 19.5 Å². The quantitative estimate of drug-likeness (QED) is 0.842. The summed E-state index contributed by atoms with van der Waals surface area (Å²) in [5, 5.41) is 6.30. The first kappa shape index (κ1) is 17.3. The van der Waals surface area contributed by atoms with E-state index < -0.39 is 5.82 Å². The maximum absolute atomic E-state index is 13.1. The topological polar surface area (TPSA) is 58.2 Å². The third kappa shape index (κ3) is 3.94. The molecule has 0 bridgehead atoms. The van der Waals surface area contributed by atoms with Gasteiger partial charge in [-0.25, -0.2) is 4.39 Å². The fourth-order valence-corrected chi connectivity index (χ4v) is 3.06. The van der Waals surface area contributed by atoms with Gasteiger partial charge in [0.15, 0.2) is 5.78 Å². The number of rotatable bonds is 4. The minimum absolute atomic E-state index is 0.0372. The number of carbonyl (C=O) groups is 2. The van der Waals surface area contributed by atoms with Crippen LogP contribution in [0.2, 0.25) is 0 Å². The maximum Gasteiger partial charge on any atom is 0.252 e. The Bertz CT molecular complexity index is 774. The van der Waals surface area contributed by atoms with Gasteiger partial charge in [-0.3, -0.25) is 9.59 Å². The average Bonchev–Trinajstić information content (AvgIpc) is 2.63. The zero-order valence-corrected chi connectivity index (χ0v) is 14.1. The molecular formula is C20H21FN2O2. The lowest BCUT2D eigenvalue weighted by Gasteiger charge is -2.30. The van der Waals surface area contributed by atoms with Crippen LogP contribution in [-0.4, -0.2) is 30.8 Å². The Morgan fingerprint density at radius 1 is 1.08 bits per heavy atom. The number of piperidine rings is 1. The molecule has 1 aliphatic rings. The van der Waals surface area contributed by atoms with Gasteiger partial charge in [0.1, 0.15) is 5.82 Å². The van der Waals surface area contributed by atoms with Crippen molar-refractivity contribution in [1.82, 2.24) is 10.6 Å². The molecule has 0 spiro atoms. The summed E-state index contributed by atoms with van der Waals surface area (Å²) in [5.41, 5.74) is 1.02. The number of hydrogen-bond donors (Lipinski definition) is 2. The van der Waals surface area contributed by atoms with Crippen molar-refractivity contribution in [3.63, 3.8) is 0 Å². The molecule has 2 aromatic rings. The van der Waals surface area contributed by atoms with Crippen LogP contribution in [0.25, 0.3) is 0 Å². The third-order valence-electron chi connectivity index (χ3n) is 4.67. The zero-order chi connectivity index (χ0) is 17.8. The summed E-state index contributed by atoms with van der Waals surface area (Å²) in [6.45, 7) is 3.79. The monoisotopic (exact) mass is 340 g/mol. The Balaban J connectivity index is 1.83. The first-order valence-corrected chi connectivity index (χ1v) is 8.47. The van der Waals surface area contributed by atoms with Crippen LogP contribution in [0.3, 0.4) is 0 Å². The third-order valence-corrected chi connectivity index (χ3v) is 4.67. The van der Waals surface area contributed by atoms with E-state index in [1.165, 1.54) is 24.3 Å². The summed E-state index contributed by atoms with van der Waals surface area (Å²) in [6, 6.07) is 12.1. The molecule has 2 atom stereocenters. The number of benzene rings is 2. The van der Waals surface area contributed by atoms with E-state index in [9.17, 15) is 14.0 Å². The molecule has 1 saturated heterocycles. The van der Waals surface area contributed by atoms with E-state index in [1.54, 1.807) is 24.3 Å². The van der Waals surface area contributed by atoms with Crippen molar-refractivity contribution >= 4 is 11.7 Å². The van der Waals surface area contributed by atoms with Gasteiger partial charge < -0.3 is 10.6 Å². The van der Waals surface area contributed by atoms with E-state index in [-0.39, 0.29) is 17.7 Å². The van der Waals surface area contributed by atoms with Crippen molar-refractivity contribution < 1.29 is 14.0 Å². The highest BCUT2D eigenvalue weighted by Gasteiger charge is 2.25. The molecule has 1 fully saturated rings. The maximum atomic E-state index is 13.1. The molecule has 5 heteroatoms. The van der Waals surface area contributed by atoms with Crippen LogP contribution in [0.1, 0.15) is 39.6 Å². The van der Waals surface area contributed by atoms with Gasteiger partial charge in [-0.1, -0.05) is 25.1 Å². The molecule has 0 aliphatic carbocycles. The largest absolute Gasteiger partial charge is 0.348 e. The summed E-state index contributed by atoms with van der Waals surface area (Å²) in [6.07, 6.45) is 1.00. The standard InChI is InChI=1S/C20H21FN2O2/c1-13-10-11-22-12-18(13)23-20(25)17-5-3-2-4-16(17)19(24)14-6-8-15(21)9-7-14/h2-9,13,18,22H,10-12H2,1H3,(H,23,25). The Hall–Kier alpha value is -2.53. The lowest BCUT2D eigenvalue weighted by molar-refractivity contribution is 0.0907. The zero-order valence-electron chi connectivity index (χ0n) is 14.1. The number of halogens is 1. The minimum atomic E-state index is -0.402. The summed E-state index contributed by atoms with van der Waals surface area (Å²) in [7, 11) is 0. The second-order valence-electron chi connectivity index (χ2n) is 6.43. The van der Waals surface area contributed by atoms with Crippen molar-refractivity contribution in [3.05, 3.63) is 71.0 Å². The predicted molar refractivity (Wildman–Crippen MR) is 94.2 cm³/mol. The second kappa shape index (κ2) is 7.57. The molecule has 2 N–H and O–H groups in total. The van der Waals surface area contributed by atoms with Crippen LogP contribution in [0.4, 0.5) is 4.39 Å². The molecule has 25 heavy (non-hydrogen) atoms. The van der Waals surface area contributed by atoms with Gasteiger partial charge in [0.2, 0.25) is 0 Å². The van der Waals surface area contributed by atoms with E-state index in [0.29, 0.717) is 22.6 Å². The minimum Gasteiger partial charge on any atom is -0.348 e. The number of ketones is 1. The van der Waals surface area contributed by atoms with E-state index in [2.05, 4.69) is 17.6 Å². The van der Waals surface area contributed by atoms with Gasteiger partial charge in [0.25, 0.3) is 5.91 Å². The predicted octanol–water partition coefficient (Wildman–Crippen LogP) is 2.78. The number of amides is 1. The van der Waals surface area contributed by atoms with Crippen molar-refractivity contribution in [2.75, 3.05) is 13.1 Å². The van der Waals surface area contributed by atoms with E-state index in [4.69, 9.17) is 0 Å². The number of hydrogen-bond acceptors (Lipinski definition) is 3. The summed E-state index contributed by atoms with van der Waals surface area (Å²) in [4.78, 5) is 25.4. The molecule has 1 amide bonds. The fourth-order valence-electron chi connectivity index (χ4n) is 3.06. The van der Waals surface area contributed by atoms with Gasteiger partial charge >= 0.3 is 0 Å². The van der Waals surface area contributed by atoms with Crippen molar-refractivity contribution in [2.24, 2.45) is 5.92 Å². The lowest BCUT2D eigenvalue weighted by atomic mass is 9.93. The number of carbonyl (C=O) groups excluding carboxylic acids is 2. The van der Waals surface area contributed by atoms with Crippen LogP contribution in [0, 0.1) is 11.7 Å². The van der Waals surface area contributed by atoms with Crippen LogP contribution >= 0.6 is 0 Å². The highest BCUT2D eigenvalue weighted by atomic mass is 19.1. The van der Waals surface area contributed by atoms with E-state index in [1.807, 2.05) is 0 Å². The van der Waals surface area contributed by atoms with Crippen molar-refractivity contribution in [1.29, 1.82) is 0 Å². The van der Waals surface area contributed by atoms with Gasteiger partial charge in [0, 0.05) is 23.7 Å². The summed E-state index contributed by atoms with van der Waals surface area (Å²) < 4.78 is 13.1. The first-order valence-electron chi connectivity index (χ1n) is 8.47. The van der Waals surface area contributed by atoms with Crippen LogP contribution < -0.4 is 10.6 Å². The molecule has 0 aromatic heterocycles. The smallest absolute Gasteiger partial charge is 0.252 e. The molecule has 3 rings (SSSR count). The Morgan fingerprint density at radius 2 is 1.76 bits per heavy atom.